The maximum atomic E-state index is 11.4. The van der Waals surface area contributed by atoms with Crippen molar-refractivity contribution in [3.63, 3.8) is 0 Å². The molecule has 0 radical (unpaired) electrons. The highest BCUT2D eigenvalue weighted by Crippen LogP contribution is 2.06. The Bertz CT molecular complexity index is 157. The quantitative estimate of drug-likeness (QED) is 0.658. The fraction of sp³-hybridized carbons (Fsp3) is 0.909. The highest BCUT2D eigenvalue weighted by atomic mass is 16.2. The van der Waals surface area contributed by atoms with Crippen LogP contribution in [-0.4, -0.2) is 18.0 Å². The Labute approximate surface area is 87.4 Å². The van der Waals surface area contributed by atoms with Gasteiger partial charge in [-0.3, -0.25) is 4.79 Å². The number of rotatable bonds is 7. The lowest BCUT2D eigenvalue weighted by atomic mass is 10.0. The molecular weight excluding hydrogens is 176 g/mol. The van der Waals surface area contributed by atoms with Crippen molar-refractivity contribution < 1.29 is 4.79 Å². The largest absolute Gasteiger partial charge is 0.352 e. The Morgan fingerprint density at radius 1 is 1.29 bits per heavy atom. The molecule has 3 heteroatoms. The molecule has 0 spiro atoms. The molecule has 0 bridgehead atoms. The van der Waals surface area contributed by atoms with E-state index in [1.54, 1.807) is 6.92 Å². The molecule has 1 amide bonds. The zero-order valence-electron chi connectivity index (χ0n) is 9.68. The van der Waals surface area contributed by atoms with Crippen molar-refractivity contribution in [2.24, 2.45) is 5.73 Å². The second-order valence-corrected chi connectivity index (χ2v) is 3.93. The van der Waals surface area contributed by atoms with Crippen LogP contribution in [0.1, 0.15) is 52.9 Å². The Morgan fingerprint density at radius 2 is 1.93 bits per heavy atom. The van der Waals surface area contributed by atoms with Crippen molar-refractivity contribution in [2.45, 2.75) is 65.0 Å². The van der Waals surface area contributed by atoms with Crippen LogP contribution in [0, 0.1) is 0 Å². The van der Waals surface area contributed by atoms with Gasteiger partial charge >= 0.3 is 0 Å². The first-order valence-corrected chi connectivity index (χ1v) is 5.67. The molecule has 0 aliphatic carbocycles. The zero-order valence-corrected chi connectivity index (χ0v) is 9.68. The minimum atomic E-state index is -0.393. The molecule has 1 unspecified atom stereocenters. The molecule has 0 aromatic carbocycles. The molecule has 3 nitrogen and oxygen atoms in total. The van der Waals surface area contributed by atoms with E-state index in [1.807, 2.05) is 0 Å². The van der Waals surface area contributed by atoms with E-state index in [1.165, 1.54) is 12.8 Å². The van der Waals surface area contributed by atoms with Crippen LogP contribution in [0.2, 0.25) is 0 Å². The average Bonchev–Trinajstić information content (AvgIpc) is 2.14. The van der Waals surface area contributed by atoms with Crippen molar-refractivity contribution >= 4 is 5.91 Å². The van der Waals surface area contributed by atoms with E-state index in [4.69, 9.17) is 5.73 Å². The van der Waals surface area contributed by atoms with Gasteiger partial charge in [0, 0.05) is 6.04 Å². The molecule has 0 aromatic heterocycles. The maximum absolute atomic E-state index is 11.4. The van der Waals surface area contributed by atoms with Gasteiger partial charge in [0.25, 0.3) is 0 Å². The summed E-state index contributed by atoms with van der Waals surface area (Å²) in [6.07, 6.45) is 5.58. The van der Waals surface area contributed by atoms with Crippen LogP contribution >= 0.6 is 0 Å². The van der Waals surface area contributed by atoms with Gasteiger partial charge in [-0.15, -0.1) is 0 Å². The number of nitrogens with two attached hydrogens (primary N) is 1. The molecule has 0 aromatic rings. The van der Waals surface area contributed by atoms with E-state index in [0.717, 1.165) is 19.3 Å². The highest BCUT2D eigenvalue weighted by Gasteiger charge is 2.13. The molecule has 0 saturated carbocycles. The van der Waals surface area contributed by atoms with E-state index in [-0.39, 0.29) is 5.91 Å². The van der Waals surface area contributed by atoms with Gasteiger partial charge in [0.1, 0.15) is 0 Å². The van der Waals surface area contributed by atoms with E-state index < -0.39 is 6.04 Å². The predicted molar refractivity (Wildman–Crippen MR) is 60.0 cm³/mol. The van der Waals surface area contributed by atoms with Crippen molar-refractivity contribution in [3.8, 4) is 0 Å². The average molecular weight is 200 g/mol. The predicted octanol–water partition coefficient (Wildman–Crippen LogP) is 1.81. The summed E-state index contributed by atoms with van der Waals surface area (Å²) in [4.78, 5) is 11.4. The molecule has 2 atom stereocenters. The van der Waals surface area contributed by atoms with Gasteiger partial charge in [0.15, 0.2) is 0 Å². The Morgan fingerprint density at radius 3 is 2.36 bits per heavy atom. The highest BCUT2D eigenvalue weighted by molar-refractivity contribution is 5.81. The van der Waals surface area contributed by atoms with Gasteiger partial charge in [0.2, 0.25) is 5.91 Å². The fourth-order valence-corrected chi connectivity index (χ4v) is 1.42. The van der Waals surface area contributed by atoms with Crippen molar-refractivity contribution in [1.82, 2.24) is 5.32 Å². The van der Waals surface area contributed by atoms with E-state index in [0.29, 0.717) is 6.04 Å². The SMILES string of the molecule is CCCCC(CCC)NC(=O)[C@@H](C)N. The molecule has 84 valence electrons. The smallest absolute Gasteiger partial charge is 0.236 e. The fourth-order valence-electron chi connectivity index (χ4n) is 1.42. The number of carbonyl (C=O) groups is 1. The molecule has 0 rings (SSSR count). The molecule has 0 saturated heterocycles. The maximum Gasteiger partial charge on any atom is 0.236 e. The van der Waals surface area contributed by atoms with Crippen LogP contribution in [-0.2, 0) is 4.79 Å². The molecule has 14 heavy (non-hydrogen) atoms. The summed E-state index contributed by atoms with van der Waals surface area (Å²) in [5.41, 5.74) is 5.50. The number of carbonyl (C=O) groups excluding carboxylic acids is 1. The number of unbranched alkanes of at least 4 members (excludes halogenated alkanes) is 1. The van der Waals surface area contributed by atoms with Crippen molar-refractivity contribution in [2.75, 3.05) is 0 Å². The second-order valence-electron chi connectivity index (χ2n) is 3.93. The van der Waals surface area contributed by atoms with Gasteiger partial charge in [-0.2, -0.15) is 0 Å². The van der Waals surface area contributed by atoms with Crippen LogP contribution < -0.4 is 11.1 Å². The zero-order chi connectivity index (χ0) is 11.0. The van der Waals surface area contributed by atoms with Crippen molar-refractivity contribution in [3.05, 3.63) is 0 Å². The molecule has 0 aliphatic heterocycles. The topological polar surface area (TPSA) is 55.1 Å². The van der Waals surface area contributed by atoms with E-state index >= 15 is 0 Å². The Hall–Kier alpha value is -0.570. The van der Waals surface area contributed by atoms with Gasteiger partial charge in [-0.05, 0) is 19.8 Å². The van der Waals surface area contributed by atoms with Gasteiger partial charge in [-0.25, -0.2) is 0 Å². The van der Waals surface area contributed by atoms with E-state index in [9.17, 15) is 4.79 Å². The first kappa shape index (κ1) is 13.4. The summed E-state index contributed by atoms with van der Waals surface area (Å²) < 4.78 is 0. The summed E-state index contributed by atoms with van der Waals surface area (Å²) in [6, 6.07) is -0.0746. The molecule has 3 N–H and O–H groups in total. The molecule has 0 heterocycles. The summed E-state index contributed by atoms with van der Waals surface area (Å²) in [5.74, 6) is -0.0282. The lowest BCUT2D eigenvalue weighted by Crippen LogP contribution is -2.43. The van der Waals surface area contributed by atoms with Gasteiger partial charge < -0.3 is 11.1 Å². The number of amides is 1. The minimum absolute atomic E-state index is 0.0282. The monoisotopic (exact) mass is 200 g/mol. The van der Waals surface area contributed by atoms with Crippen LogP contribution in [0.15, 0.2) is 0 Å². The van der Waals surface area contributed by atoms with Crippen LogP contribution in [0.25, 0.3) is 0 Å². The van der Waals surface area contributed by atoms with Crippen LogP contribution in [0.3, 0.4) is 0 Å². The summed E-state index contributed by atoms with van der Waals surface area (Å²) in [6.45, 7) is 6.02. The van der Waals surface area contributed by atoms with Crippen LogP contribution in [0.5, 0.6) is 0 Å². The summed E-state index contributed by atoms with van der Waals surface area (Å²) >= 11 is 0. The van der Waals surface area contributed by atoms with E-state index in [2.05, 4.69) is 19.2 Å². The van der Waals surface area contributed by atoms with Crippen LogP contribution in [0.4, 0.5) is 0 Å². The lowest BCUT2D eigenvalue weighted by Gasteiger charge is -2.19. The molecular formula is C11H24N2O. The second kappa shape index (κ2) is 7.80. The number of nitrogens with one attached hydrogen (secondary N) is 1. The third-order valence-electron chi connectivity index (χ3n) is 2.30. The van der Waals surface area contributed by atoms with Gasteiger partial charge in [0.05, 0.1) is 6.04 Å². The first-order chi connectivity index (χ1) is 6.61. The minimum Gasteiger partial charge on any atom is -0.352 e. The third kappa shape index (κ3) is 5.97. The number of hydrogen-bond donors (Lipinski definition) is 2. The normalized spacial score (nSPS) is 14.9. The number of hydrogen-bond acceptors (Lipinski definition) is 2. The lowest BCUT2D eigenvalue weighted by molar-refractivity contribution is -0.122. The molecule has 0 fully saturated rings. The first-order valence-electron chi connectivity index (χ1n) is 5.67. The summed E-state index contributed by atoms with van der Waals surface area (Å²) in [5, 5.41) is 2.99. The third-order valence-corrected chi connectivity index (χ3v) is 2.30. The molecule has 0 aliphatic rings. The Kier molecular flexibility index (Phi) is 7.48. The summed E-state index contributed by atoms with van der Waals surface area (Å²) in [7, 11) is 0. The van der Waals surface area contributed by atoms with Crippen molar-refractivity contribution in [1.29, 1.82) is 0 Å². The Balaban J connectivity index is 3.88. The standard InChI is InChI=1S/C11H24N2O/c1-4-6-8-10(7-5-2)13-11(14)9(3)12/h9-10H,4-8,12H2,1-3H3,(H,13,14)/t9-,10?/m1/s1. The van der Waals surface area contributed by atoms with Gasteiger partial charge in [-0.1, -0.05) is 33.1 Å².